The Bertz CT molecular complexity index is 1440. The molecule has 43 heavy (non-hydrogen) atoms. The van der Waals surface area contributed by atoms with E-state index in [9.17, 15) is 27.6 Å². The number of alkyl halides is 3. The number of halogens is 3. The second kappa shape index (κ2) is 13.9. The molecule has 0 radical (unpaired) electrons. The van der Waals surface area contributed by atoms with Gasteiger partial charge in [-0.05, 0) is 42.2 Å². The van der Waals surface area contributed by atoms with Gasteiger partial charge in [-0.15, -0.1) is 13.2 Å². The summed E-state index contributed by atoms with van der Waals surface area (Å²) in [7, 11) is 0. The average molecular weight is 598 g/mol. The summed E-state index contributed by atoms with van der Waals surface area (Å²) in [6, 6.07) is 23.8. The third-order valence-corrected chi connectivity index (χ3v) is 6.98. The molecule has 1 saturated heterocycles. The van der Waals surface area contributed by atoms with E-state index in [0.29, 0.717) is 18.7 Å². The van der Waals surface area contributed by atoms with Crippen molar-refractivity contribution in [1.29, 1.82) is 0 Å². The number of ether oxygens (including phenoxy) is 1. The number of carboxylic acid groups (broad SMARTS) is 2. The normalized spacial score (nSPS) is 17.4. The lowest BCUT2D eigenvalue weighted by atomic mass is 9.90. The van der Waals surface area contributed by atoms with E-state index in [1.807, 2.05) is 41.3 Å². The van der Waals surface area contributed by atoms with Crippen molar-refractivity contribution in [3.63, 3.8) is 0 Å². The van der Waals surface area contributed by atoms with Crippen LogP contribution in [-0.4, -0.2) is 63.5 Å². The second-order valence-electron chi connectivity index (χ2n) is 9.95. The first-order valence-corrected chi connectivity index (χ1v) is 13.4. The van der Waals surface area contributed by atoms with Crippen molar-refractivity contribution >= 4 is 23.7 Å². The lowest BCUT2D eigenvalue weighted by Crippen LogP contribution is -2.52. The van der Waals surface area contributed by atoms with Crippen LogP contribution in [0.4, 0.5) is 23.7 Å². The van der Waals surface area contributed by atoms with Gasteiger partial charge in [0, 0.05) is 49.1 Å². The van der Waals surface area contributed by atoms with Gasteiger partial charge >= 0.3 is 24.3 Å². The van der Waals surface area contributed by atoms with Crippen molar-refractivity contribution in [3.8, 4) is 5.75 Å². The number of amides is 2. The molecule has 1 fully saturated rings. The second-order valence-corrected chi connectivity index (χ2v) is 9.95. The van der Waals surface area contributed by atoms with Crippen LogP contribution >= 0.6 is 0 Å². The SMILES string of the molecule is O=C(O)/C=C/C(=O)O.O=C1Nc2ccccc2C(c2ccccc2)N1C1CCN(Cc2cccc(OC(F)(F)F)c2)CC1. The third-order valence-electron chi connectivity index (χ3n) is 6.98. The molecular weight excluding hydrogens is 567 g/mol. The number of para-hydroxylation sites is 1. The Morgan fingerprint density at radius 2 is 1.53 bits per heavy atom. The summed E-state index contributed by atoms with van der Waals surface area (Å²) < 4.78 is 41.7. The zero-order chi connectivity index (χ0) is 31.0. The zero-order valence-corrected chi connectivity index (χ0v) is 22.9. The lowest BCUT2D eigenvalue weighted by molar-refractivity contribution is -0.274. The van der Waals surface area contributed by atoms with Crippen molar-refractivity contribution in [2.75, 3.05) is 18.4 Å². The molecular formula is C31H30F3N3O6. The minimum Gasteiger partial charge on any atom is -0.478 e. The van der Waals surface area contributed by atoms with Crippen LogP contribution in [0.3, 0.4) is 0 Å². The Morgan fingerprint density at radius 1 is 0.907 bits per heavy atom. The van der Waals surface area contributed by atoms with E-state index in [2.05, 4.69) is 33.2 Å². The third kappa shape index (κ3) is 8.82. The molecule has 3 aromatic carbocycles. The number of hydrogen-bond donors (Lipinski definition) is 3. The summed E-state index contributed by atoms with van der Waals surface area (Å²) in [6.07, 6.45) is -2.04. The van der Waals surface area contributed by atoms with Crippen molar-refractivity contribution in [2.45, 2.75) is 37.8 Å². The van der Waals surface area contributed by atoms with E-state index >= 15 is 0 Å². The Labute approximate surface area is 245 Å². The summed E-state index contributed by atoms with van der Waals surface area (Å²) >= 11 is 0. The van der Waals surface area contributed by atoms with E-state index in [0.717, 1.165) is 48.3 Å². The first-order chi connectivity index (χ1) is 20.5. The molecule has 0 saturated carbocycles. The molecule has 0 aromatic heterocycles. The number of fused-ring (bicyclic) bond motifs is 1. The monoisotopic (exact) mass is 597 g/mol. The van der Waals surface area contributed by atoms with Gasteiger partial charge in [0.05, 0.1) is 6.04 Å². The van der Waals surface area contributed by atoms with Crippen molar-refractivity contribution in [2.24, 2.45) is 0 Å². The van der Waals surface area contributed by atoms with Gasteiger partial charge in [0.1, 0.15) is 5.75 Å². The van der Waals surface area contributed by atoms with E-state index in [1.54, 1.807) is 12.1 Å². The van der Waals surface area contributed by atoms with Gasteiger partial charge in [0.15, 0.2) is 0 Å². The summed E-state index contributed by atoms with van der Waals surface area (Å²) in [5, 5.41) is 18.7. The van der Waals surface area contributed by atoms with Crippen molar-refractivity contribution in [1.82, 2.24) is 9.80 Å². The van der Waals surface area contributed by atoms with Crippen LogP contribution in [0.1, 0.15) is 35.6 Å². The van der Waals surface area contributed by atoms with E-state index in [-0.39, 0.29) is 23.9 Å². The minimum absolute atomic E-state index is 0.0460. The van der Waals surface area contributed by atoms with Crippen molar-refractivity contribution in [3.05, 3.63) is 108 Å². The topological polar surface area (TPSA) is 119 Å². The average Bonchev–Trinajstić information content (AvgIpc) is 2.96. The maximum atomic E-state index is 13.3. The molecule has 2 amide bonds. The molecule has 1 atom stereocenters. The number of carboxylic acids is 2. The molecule has 0 bridgehead atoms. The molecule has 9 nitrogen and oxygen atoms in total. The minimum atomic E-state index is -4.71. The Kier molecular flexibility index (Phi) is 10.0. The number of hydrogen-bond acceptors (Lipinski definition) is 5. The van der Waals surface area contributed by atoms with Gasteiger partial charge in [0.2, 0.25) is 0 Å². The predicted octanol–water partition coefficient (Wildman–Crippen LogP) is 5.90. The summed E-state index contributed by atoms with van der Waals surface area (Å²) in [5.41, 5.74) is 3.74. The molecule has 3 aromatic rings. The number of carbonyl (C=O) groups excluding carboxylic acids is 1. The fourth-order valence-corrected chi connectivity index (χ4v) is 5.25. The number of benzene rings is 3. The van der Waals surface area contributed by atoms with Crippen LogP contribution in [0, 0.1) is 0 Å². The van der Waals surface area contributed by atoms with Gasteiger partial charge in [-0.3, -0.25) is 4.90 Å². The summed E-state index contributed by atoms with van der Waals surface area (Å²) in [6.45, 7) is 2.00. The molecule has 12 heteroatoms. The van der Waals surface area contributed by atoms with Crippen LogP contribution in [0.15, 0.2) is 91.0 Å². The van der Waals surface area contributed by atoms with Crippen LogP contribution in [-0.2, 0) is 16.1 Å². The fourth-order valence-electron chi connectivity index (χ4n) is 5.25. The molecule has 226 valence electrons. The predicted molar refractivity (Wildman–Crippen MR) is 151 cm³/mol. The van der Waals surface area contributed by atoms with E-state index in [4.69, 9.17) is 10.2 Å². The highest BCUT2D eigenvalue weighted by molar-refractivity contribution is 5.94. The van der Waals surface area contributed by atoms with Crippen molar-refractivity contribution < 1.29 is 42.5 Å². The van der Waals surface area contributed by atoms with E-state index < -0.39 is 18.3 Å². The van der Waals surface area contributed by atoms with Crippen LogP contribution < -0.4 is 10.1 Å². The fraction of sp³-hybridized carbons (Fsp3) is 0.258. The van der Waals surface area contributed by atoms with Gasteiger partial charge in [-0.25, -0.2) is 14.4 Å². The number of urea groups is 1. The number of anilines is 1. The highest BCUT2D eigenvalue weighted by Gasteiger charge is 2.39. The molecule has 0 spiro atoms. The van der Waals surface area contributed by atoms with Gasteiger partial charge < -0.3 is 25.2 Å². The van der Waals surface area contributed by atoms with Gasteiger partial charge in [-0.1, -0.05) is 60.7 Å². The highest BCUT2D eigenvalue weighted by Crippen LogP contribution is 2.40. The van der Waals surface area contributed by atoms with Gasteiger partial charge in [0.25, 0.3) is 0 Å². The van der Waals surface area contributed by atoms with Crippen LogP contribution in [0.25, 0.3) is 0 Å². The molecule has 1 unspecified atom stereocenters. The summed E-state index contributed by atoms with van der Waals surface area (Å²) in [5.74, 6) is -2.72. The number of nitrogens with one attached hydrogen (secondary N) is 1. The molecule has 2 aliphatic rings. The largest absolute Gasteiger partial charge is 0.573 e. The standard InChI is InChI=1S/C27H26F3N3O2.C4H4O4/c28-27(29,30)35-22-10-6-7-19(17-22)18-32-15-13-21(14-16-32)33-25(20-8-2-1-3-9-20)23-11-4-5-12-24(23)31-26(33)34;5-3(6)1-2-4(7)8/h1-12,17,21,25H,13-16,18H2,(H,31,34);1-2H,(H,5,6)(H,7,8)/b;2-1+. The smallest absolute Gasteiger partial charge is 0.478 e. The van der Waals surface area contributed by atoms with E-state index in [1.165, 1.54) is 12.1 Å². The molecule has 2 aliphatic heterocycles. The number of carbonyl (C=O) groups is 3. The number of likely N-dealkylation sites (tertiary alicyclic amines) is 1. The quantitative estimate of drug-likeness (QED) is 0.290. The number of rotatable bonds is 7. The first kappa shape index (κ1) is 31.1. The van der Waals surface area contributed by atoms with Crippen LogP contribution in [0.2, 0.25) is 0 Å². The first-order valence-electron chi connectivity index (χ1n) is 13.4. The number of aliphatic carboxylic acids is 2. The maximum Gasteiger partial charge on any atom is 0.573 e. The Balaban J connectivity index is 0.000000467. The maximum absolute atomic E-state index is 13.3. The highest BCUT2D eigenvalue weighted by atomic mass is 19.4. The molecule has 2 heterocycles. The van der Waals surface area contributed by atoms with Gasteiger partial charge in [-0.2, -0.15) is 0 Å². The summed E-state index contributed by atoms with van der Waals surface area (Å²) in [4.78, 5) is 36.5. The number of piperidine rings is 1. The molecule has 3 N–H and O–H groups in total. The molecule has 0 aliphatic carbocycles. The van der Waals surface area contributed by atoms with Crippen LogP contribution in [0.5, 0.6) is 5.75 Å². The molecule has 5 rings (SSSR count). The zero-order valence-electron chi connectivity index (χ0n) is 22.9. The Hall–Kier alpha value is -4.84. The Morgan fingerprint density at radius 3 is 2.16 bits per heavy atom. The number of nitrogens with zero attached hydrogens (tertiary/aromatic N) is 2. The lowest BCUT2D eigenvalue weighted by Gasteiger charge is -2.45.